The number of carbonyl (C=O) groups is 1. The van der Waals surface area contributed by atoms with Crippen molar-refractivity contribution >= 4 is 5.91 Å². The molecule has 2 aliphatic rings. The Kier molecular flexibility index (Phi) is 7.58. The van der Waals surface area contributed by atoms with Crippen LogP contribution < -0.4 is 5.32 Å². The van der Waals surface area contributed by atoms with Gasteiger partial charge in [-0.25, -0.2) is 0 Å². The topological polar surface area (TPSA) is 41.6 Å². The first-order valence-electron chi connectivity index (χ1n) is 10.7. The molecular formula is C23H31F3N2O2. The van der Waals surface area contributed by atoms with E-state index < -0.39 is 11.7 Å². The largest absolute Gasteiger partial charge is 0.416 e. The van der Waals surface area contributed by atoms with E-state index in [0.717, 1.165) is 43.9 Å². The highest BCUT2D eigenvalue weighted by atomic mass is 19.4. The number of carbonyl (C=O) groups excluding carboxylic acids is 1. The molecular weight excluding hydrogens is 393 g/mol. The van der Waals surface area contributed by atoms with E-state index in [1.807, 2.05) is 0 Å². The number of amides is 1. The van der Waals surface area contributed by atoms with Crippen LogP contribution in [0.4, 0.5) is 13.2 Å². The number of ether oxygens (including phenoxy) is 1. The van der Waals surface area contributed by atoms with Gasteiger partial charge in [-0.05, 0) is 68.3 Å². The van der Waals surface area contributed by atoms with E-state index in [-0.39, 0.29) is 24.4 Å². The maximum absolute atomic E-state index is 13.3. The highest BCUT2D eigenvalue weighted by molar-refractivity contribution is 5.80. The van der Waals surface area contributed by atoms with Crippen LogP contribution in [0.5, 0.6) is 0 Å². The third-order valence-corrected chi connectivity index (χ3v) is 6.23. The molecule has 1 N–H and O–H groups in total. The van der Waals surface area contributed by atoms with Gasteiger partial charge in [-0.3, -0.25) is 4.79 Å². The third kappa shape index (κ3) is 5.43. The SMILES string of the molecule is C=CCC1Cc2ccc(C(F)(F)F)cc2CN1C(=O)[C@H]1CC[C@@H](NCCCOC)C1. The van der Waals surface area contributed by atoms with Crippen LogP contribution in [0.15, 0.2) is 30.9 Å². The van der Waals surface area contributed by atoms with Crippen LogP contribution in [0.3, 0.4) is 0 Å². The maximum Gasteiger partial charge on any atom is 0.416 e. The Morgan fingerprint density at radius 1 is 1.33 bits per heavy atom. The molecule has 7 heteroatoms. The molecule has 1 aliphatic heterocycles. The van der Waals surface area contributed by atoms with Crippen LogP contribution in [-0.2, 0) is 28.7 Å². The molecule has 1 fully saturated rings. The Bertz CT molecular complexity index is 750. The summed E-state index contributed by atoms with van der Waals surface area (Å²) < 4.78 is 44.5. The number of benzene rings is 1. The van der Waals surface area contributed by atoms with Crippen molar-refractivity contribution in [3.05, 3.63) is 47.5 Å². The summed E-state index contributed by atoms with van der Waals surface area (Å²) in [7, 11) is 1.68. The van der Waals surface area contributed by atoms with Crippen molar-refractivity contribution in [2.24, 2.45) is 5.92 Å². The second kappa shape index (κ2) is 9.96. The molecule has 0 spiro atoms. The van der Waals surface area contributed by atoms with Crippen LogP contribution in [-0.4, -0.2) is 43.2 Å². The fraction of sp³-hybridized carbons (Fsp3) is 0.609. The van der Waals surface area contributed by atoms with Gasteiger partial charge in [0.15, 0.2) is 0 Å². The van der Waals surface area contributed by atoms with Crippen LogP contribution in [0.25, 0.3) is 0 Å². The molecule has 0 radical (unpaired) electrons. The van der Waals surface area contributed by atoms with E-state index in [9.17, 15) is 18.0 Å². The lowest BCUT2D eigenvalue weighted by Gasteiger charge is -2.38. The van der Waals surface area contributed by atoms with E-state index in [1.165, 1.54) is 6.07 Å². The molecule has 166 valence electrons. The smallest absolute Gasteiger partial charge is 0.385 e. The van der Waals surface area contributed by atoms with Gasteiger partial charge in [-0.15, -0.1) is 6.58 Å². The predicted octanol–water partition coefficient (Wildman–Crippen LogP) is 4.33. The van der Waals surface area contributed by atoms with Crippen LogP contribution in [0, 0.1) is 5.92 Å². The number of nitrogens with zero attached hydrogens (tertiary/aromatic N) is 1. The highest BCUT2D eigenvalue weighted by Crippen LogP contribution is 2.35. The second-order valence-corrected chi connectivity index (χ2v) is 8.34. The van der Waals surface area contributed by atoms with Gasteiger partial charge in [0.2, 0.25) is 5.91 Å². The van der Waals surface area contributed by atoms with E-state index in [4.69, 9.17) is 4.74 Å². The number of hydrogen-bond acceptors (Lipinski definition) is 3. The number of methoxy groups -OCH3 is 1. The normalized spacial score (nSPS) is 24.0. The van der Waals surface area contributed by atoms with Crippen molar-refractivity contribution in [1.29, 1.82) is 0 Å². The number of nitrogens with one attached hydrogen (secondary N) is 1. The lowest BCUT2D eigenvalue weighted by atomic mass is 9.89. The average molecular weight is 425 g/mol. The summed E-state index contributed by atoms with van der Waals surface area (Å²) in [6.45, 7) is 5.60. The quantitative estimate of drug-likeness (QED) is 0.499. The van der Waals surface area contributed by atoms with Gasteiger partial charge in [-0.2, -0.15) is 13.2 Å². The molecule has 1 amide bonds. The third-order valence-electron chi connectivity index (χ3n) is 6.23. The van der Waals surface area contributed by atoms with Crippen molar-refractivity contribution in [3.8, 4) is 0 Å². The van der Waals surface area contributed by atoms with Gasteiger partial charge in [0.25, 0.3) is 0 Å². The Hall–Kier alpha value is -1.86. The molecule has 3 rings (SSSR count). The molecule has 3 atom stereocenters. The van der Waals surface area contributed by atoms with Gasteiger partial charge in [0.1, 0.15) is 0 Å². The summed E-state index contributed by atoms with van der Waals surface area (Å²) >= 11 is 0. The van der Waals surface area contributed by atoms with Crippen LogP contribution in [0.2, 0.25) is 0 Å². The first-order valence-corrected chi connectivity index (χ1v) is 10.7. The van der Waals surface area contributed by atoms with Crippen molar-refractivity contribution in [2.45, 2.75) is 63.3 Å². The predicted molar refractivity (Wildman–Crippen MR) is 110 cm³/mol. The molecule has 0 aromatic heterocycles. The Morgan fingerprint density at radius 3 is 2.83 bits per heavy atom. The zero-order valence-corrected chi connectivity index (χ0v) is 17.5. The van der Waals surface area contributed by atoms with Gasteiger partial charge < -0.3 is 15.0 Å². The van der Waals surface area contributed by atoms with E-state index in [0.29, 0.717) is 31.1 Å². The number of fused-ring (bicyclic) bond motifs is 1. The molecule has 1 saturated carbocycles. The summed E-state index contributed by atoms with van der Waals surface area (Å²) in [5.41, 5.74) is 0.839. The van der Waals surface area contributed by atoms with E-state index in [2.05, 4.69) is 11.9 Å². The first kappa shape index (κ1) is 22.8. The van der Waals surface area contributed by atoms with Gasteiger partial charge in [-0.1, -0.05) is 12.1 Å². The highest BCUT2D eigenvalue weighted by Gasteiger charge is 2.38. The van der Waals surface area contributed by atoms with E-state index in [1.54, 1.807) is 24.2 Å². The molecule has 30 heavy (non-hydrogen) atoms. The summed E-state index contributed by atoms with van der Waals surface area (Å²) in [5.74, 6) is -0.0179. The molecule has 0 saturated heterocycles. The molecule has 1 aromatic rings. The maximum atomic E-state index is 13.3. The fourth-order valence-electron chi connectivity index (χ4n) is 4.63. The minimum absolute atomic E-state index is 0.0482. The number of hydrogen-bond donors (Lipinski definition) is 1. The number of rotatable bonds is 8. The Balaban J connectivity index is 1.69. The molecule has 4 nitrogen and oxygen atoms in total. The van der Waals surface area contributed by atoms with Crippen LogP contribution in [0.1, 0.15) is 48.8 Å². The molecule has 1 heterocycles. The number of alkyl halides is 3. The van der Waals surface area contributed by atoms with Crippen molar-refractivity contribution in [3.63, 3.8) is 0 Å². The summed E-state index contributed by atoms with van der Waals surface area (Å²) in [5, 5.41) is 3.49. The van der Waals surface area contributed by atoms with Gasteiger partial charge in [0, 0.05) is 38.3 Å². The summed E-state index contributed by atoms with van der Waals surface area (Å²) in [4.78, 5) is 15.1. The summed E-state index contributed by atoms with van der Waals surface area (Å²) in [6, 6.07) is 4.16. The number of halogens is 3. The Labute approximate surface area is 176 Å². The minimum Gasteiger partial charge on any atom is -0.385 e. The molecule has 1 aromatic carbocycles. The molecule has 0 bridgehead atoms. The van der Waals surface area contributed by atoms with Crippen LogP contribution >= 0.6 is 0 Å². The Morgan fingerprint density at radius 2 is 2.13 bits per heavy atom. The monoisotopic (exact) mass is 424 g/mol. The average Bonchev–Trinajstić information content (AvgIpc) is 3.18. The zero-order chi connectivity index (χ0) is 21.7. The minimum atomic E-state index is -4.38. The van der Waals surface area contributed by atoms with Crippen molar-refractivity contribution < 1.29 is 22.7 Å². The first-order chi connectivity index (χ1) is 14.3. The lowest BCUT2D eigenvalue weighted by molar-refractivity contribution is -0.139. The van der Waals surface area contributed by atoms with Gasteiger partial charge in [0.05, 0.1) is 5.56 Å². The molecule has 1 aliphatic carbocycles. The zero-order valence-electron chi connectivity index (χ0n) is 17.5. The standard InChI is InChI=1S/C23H31F3N2O2/c1-3-5-21-14-16-6-8-19(23(24,25)26)12-18(16)15-28(21)22(29)17-7-9-20(13-17)27-10-4-11-30-2/h3,6,8,12,17,20-21,27H,1,4-5,7,9-11,13-15H2,2H3/t17-,20+,21?/m0/s1. The van der Waals surface area contributed by atoms with E-state index >= 15 is 0 Å². The lowest BCUT2D eigenvalue weighted by Crippen LogP contribution is -2.46. The van der Waals surface area contributed by atoms with Crippen molar-refractivity contribution in [1.82, 2.24) is 10.2 Å². The van der Waals surface area contributed by atoms with Gasteiger partial charge >= 0.3 is 6.18 Å². The molecule has 1 unspecified atom stereocenters. The fourth-order valence-corrected chi connectivity index (χ4v) is 4.63. The second-order valence-electron chi connectivity index (χ2n) is 8.34. The van der Waals surface area contributed by atoms with Crippen molar-refractivity contribution in [2.75, 3.05) is 20.3 Å². The summed E-state index contributed by atoms with van der Waals surface area (Å²) in [6.07, 6.45) is 2.07.